The first-order chi connectivity index (χ1) is 8.38. The average molecular weight is 250 g/mol. The van der Waals surface area contributed by atoms with Crippen molar-refractivity contribution in [1.29, 1.82) is 0 Å². The molecule has 0 unspecified atom stereocenters. The van der Waals surface area contributed by atoms with Gasteiger partial charge in [-0.05, 0) is 11.8 Å². The lowest BCUT2D eigenvalue weighted by Gasteiger charge is -2.23. The van der Waals surface area contributed by atoms with Crippen molar-refractivity contribution >= 4 is 11.6 Å². The first-order valence-electron chi connectivity index (χ1n) is 6.68. The summed E-state index contributed by atoms with van der Waals surface area (Å²) in [5.74, 6) is 2.97. The highest BCUT2D eigenvalue weighted by Gasteiger charge is 2.15. The number of aromatic nitrogens is 2. The van der Waals surface area contributed by atoms with Crippen LogP contribution in [0.3, 0.4) is 0 Å². The molecule has 0 aromatic carbocycles. The van der Waals surface area contributed by atoms with Crippen LogP contribution in [0.1, 0.15) is 52.8 Å². The van der Waals surface area contributed by atoms with Crippen molar-refractivity contribution in [2.24, 2.45) is 5.41 Å². The van der Waals surface area contributed by atoms with Crippen LogP contribution in [0.15, 0.2) is 6.07 Å². The maximum Gasteiger partial charge on any atom is 0.135 e. The third-order valence-corrected chi connectivity index (χ3v) is 3.22. The molecule has 0 radical (unpaired) electrons. The summed E-state index contributed by atoms with van der Waals surface area (Å²) in [4.78, 5) is 9.01. The maximum atomic E-state index is 4.56. The zero-order valence-electron chi connectivity index (χ0n) is 12.5. The molecular weight excluding hydrogens is 224 g/mol. The predicted octanol–water partition coefficient (Wildman–Crippen LogP) is 3.49. The van der Waals surface area contributed by atoms with Gasteiger partial charge in [0.25, 0.3) is 0 Å². The molecule has 0 aliphatic rings. The lowest BCUT2D eigenvalue weighted by atomic mass is 9.90. The van der Waals surface area contributed by atoms with Crippen molar-refractivity contribution in [1.82, 2.24) is 9.97 Å². The molecule has 18 heavy (non-hydrogen) atoms. The van der Waals surface area contributed by atoms with Gasteiger partial charge in [0.15, 0.2) is 0 Å². The molecule has 0 amide bonds. The van der Waals surface area contributed by atoms with E-state index >= 15 is 0 Å². The van der Waals surface area contributed by atoms with E-state index in [4.69, 9.17) is 0 Å². The van der Waals surface area contributed by atoms with E-state index in [2.05, 4.69) is 55.2 Å². The second kappa shape index (κ2) is 6.03. The Bertz CT molecular complexity index is 385. The van der Waals surface area contributed by atoms with Crippen molar-refractivity contribution in [3.05, 3.63) is 11.9 Å². The highest BCUT2D eigenvalue weighted by atomic mass is 15.1. The summed E-state index contributed by atoms with van der Waals surface area (Å²) in [5, 5.41) is 6.50. The quantitative estimate of drug-likeness (QED) is 0.811. The molecule has 1 aromatic heterocycles. The number of anilines is 2. The fourth-order valence-electron chi connectivity index (χ4n) is 1.40. The number of nitrogens with one attached hydrogen (secondary N) is 2. The van der Waals surface area contributed by atoms with Crippen LogP contribution in [-0.2, 0) is 0 Å². The van der Waals surface area contributed by atoms with Crippen molar-refractivity contribution < 1.29 is 0 Å². The second-order valence-electron chi connectivity index (χ2n) is 5.77. The van der Waals surface area contributed by atoms with Crippen LogP contribution in [0.4, 0.5) is 11.6 Å². The summed E-state index contributed by atoms with van der Waals surface area (Å²) in [6, 6.07) is 1.96. The van der Waals surface area contributed by atoms with Crippen molar-refractivity contribution in [2.75, 3.05) is 24.2 Å². The van der Waals surface area contributed by atoms with Gasteiger partial charge in [0.1, 0.15) is 17.5 Å². The third kappa shape index (κ3) is 4.17. The van der Waals surface area contributed by atoms with Gasteiger partial charge in [-0.2, -0.15) is 0 Å². The third-order valence-electron chi connectivity index (χ3n) is 3.22. The Morgan fingerprint density at radius 2 is 1.83 bits per heavy atom. The summed E-state index contributed by atoms with van der Waals surface area (Å²) in [6.07, 6.45) is 1.14. The average Bonchev–Trinajstić information content (AvgIpc) is 2.36. The van der Waals surface area contributed by atoms with Gasteiger partial charge < -0.3 is 10.6 Å². The van der Waals surface area contributed by atoms with E-state index in [0.29, 0.717) is 5.92 Å². The largest absolute Gasteiger partial charge is 0.373 e. The summed E-state index contributed by atoms with van der Waals surface area (Å²) >= 11 is 0. The molecule has 4 heteroatoms. The first-order valence-corrected chi connectivity index (χ1v) is 6.68. The minimum atomic E-state index is 0.281. The van der Waals surface area contributed by atoms with E-state index in [1.54, 1.807) is 0 Å². The van der Waals surface area contributed by atoms with Gasteiger partial charge in [-0.1, -0.05) is 34.6 Å². The lowest BCUT2D eigenvalue weighted by Crippen LogP contribution is -2.22. The van der Waals surface area contributed by atoms with Crippen LogP contribution in [-0.4, -0.2) is 23.6 Å². The van der Waals surface area contributed by atoms with Gasteiger partial charge in [-0.25, -0.2) is 9.97 Å². The monoisotopic (exact) mass is 250 g/mol. The topological polar surface area (TPSA) is 49.8 Å². The normalized spacial score (nSPS) is 11.7. The molecule has 0 aliphatic heterocycles. The van der Waals surface area contributed by atoms with E-state index in [1.165, 1.54) is 0 Å². The van der Waals surface area contributed by atoms with Crippen molar-refractivity contribution in [3.8, 4) is 0 Å². The lowest BCUT2D eigenvalue weighted by molar-refractivity contribution is 0.376. The maximum absolute atomic E-state index is 4.56. The van der Waals surface area contributed by atoms with Crippen LogP contribution in [0.5, 0.6) is 0 Å². The summed E-state index contributed by atoms with van der Waals surface area (Å²) < 4.78 is 0. The van der Waals surface area contributed by atoms with Gasteiger partial charge in [0, 0.05) is 25.6 Å². The van der Waals surface area contributed by atoms with Crippen LogP contribution < -0.4 is 10.6 Å². The van der Waals surface area contributed by atoms with Crippen LogP contribution >= 0.6 is 0 Å². The molecule has 102 valence electrons. The summed E-state index contributed by atoms with van der Waals surface area (Å²) in [7, 11) is 1.88. The SMILES string of the molecule is CCC(C)(C)CNc1cc(NC)nc(C(C)C)n1. The molecule has 0 atom stereocenters. The van der Waals surface area contributed by atoms with Gasteiger partial charge in [-0.15, -0.1) is 0 Å². The van der Waals surface area contributed by atoms with Crippen molar-refractivity contribution in [3.63, 3.8) is 0 Å². The molecule has 0 spiro atoms. The molecular formula is C14H26N4. The number of nitrogens with zero attached hydrogens (tertiary/aromatic N) is 2. The fraction of sp³-hybridized carbons (Fsp3) is 0.714. The molecule has 0 fully saturated rings. The minimum Gasteiger partial charge on any atom is -0.373 e. The smallest absolute Gasteiger partial charge is 0.135 e. The van der Waals surface area contributed by atoms with Crippen LogP contribution in [0.2, 0.25) is 0 Å². The van der Waals surface area contributed by atoms with Crippen LogP contribution in [0, 0.1) is 5.41 Å². The Morgan fingerprint density at radius 1 is 1.22 bits per heavy atom. The van der Waals surface area contributed by atoms with Crippen molar-refractivity contribution in [2.45, 2.75) is 47.0 Å². The molecule has 0 saturated heterocycles. The van der Waals surface area contributed by atoms with Crippen LogP contribution in [0.25, 0.3) is 0 Å². The molecule has 4 nitrogen and oxygen atoms in total. The molecule has 0 aliphatic carbocycles. The Kier molecular flexibility index (Phi) is 4.93. The molecule has 1 aromatic rings. The van der Waals surface area contributed by atoms with Gasteiger partial charge in [0.2, 0.25) is 0 Å². The number of rotatable bonds is 6. The minimum absolute atomic E-state index is 0.281. The number of hydrogen-bond acceptors (Lipinski definition) is 4. The zero-order chi connectivity index (χ0) is 13.8. The van der Waals surface area contributed by atoms with E-state index in [9.17, 15) is 0 Å². The Hall–Kier alpha value is -1.32. The first kappa shape index (κ1) is 14.7. The molecule has 0 bridgehead atoms. The van der Waals surface area contributed by atoms with E-state index in [1.807, 2.05) is 13.1 Å². The molecule has 1 rings (SSSR count). The highest BCUT2D eigenvalue weighted by molar-refractivity contribution is 5.47. The van der Waals surface area contributed by atoms with E-state index in [0.717, 1.165) is 30.4 Å². The molecule has 1 heterocycles. The van der Waals surface area contributed by atoms with E-state index in [-0.39, 0.29) is 5.41 Å². The van der Waals surface area contributed by atoms with Gasteiger partial charge >= 0.3 is 0 Å². The van der Waals surface area contributed by atoms with Gasteiger partial charge in [-0.3, -0.25) is 0 Å². The number of hydrogen-bond donors (Lipinski definition) is 2. The standard InChI is InChI=1S/C14H26N4/c1-7-14(4,5)9-16-12-8-11(15-6)17-13(18-12)10(2)3/h8,10H,7,9H2,1-6H3,(H2,15,16,17,18). The highest BCUT2D eigenvalue weighted by Crippen LogP contribution is 2.22. The molecule has 0 saturated carbocycles. The van der Waals surface area contributed by atoms with E-state index < -0.39 is 0 Å². The second-order valence-corrected chi connectivity index (χ2v) is 5.77. The Balaban J connectivity index is 2.85. The fourth-order valence-corrected chi connectivity index (χ4v) is 1.40. The summed E-state index contributed by atoms with van der Waals surface area (Å²) in [6.45, 7) is 11.8. The molecule has 2 N–H and O–H groups in total. The zero-order valence-corrected chi connectivity index (χ0v) is 12.5. The Morgan fingerprint density at radius 3 is 2.33 bits per heavy atom. The Labute approximate surface area is 111 Å². The summed E-state index contributed by atoms with van der Waals surface area (Å²) in [5.41, 5.74) is 0.281. The van der Waals surface area contributed by atoms with Gasteiger partial charge in [0.05, 0.1) is 0 Å². The predicted molar refractivity (Wildman–Crippen MR) is 78.2 cm³/mol.